The van der Waals surface area contributed by atoms with E-state index in [4.69, 9.17) is 37.5 Å². The molecule has 0 bridgehead atoms. The fourth-order valence-corrected chi connectivity index (χ4v) is 3.23. The highest BCUT2D eigenvalue weighted by atomic mass is 16.6. The van der Waals surface area contributed by atoms with E-state index in [1.165, 1.54) is 6.21 Å². The average molecular weight is 368 g/mol. The number of ether oxygens (including phenoxy) is 2. The first-order valence-electron chi connectivity index (χ1n) is 8.61. The second-order valence-corrected chi connectivity index (χ2v) is 6.26. The Morgan fingerprint density at radius 2 is 1.81 bits per heavy atom. The van der Waals surface area contributed by atoms with E-state index >= 15 is 0 Å². The Kier molecular flexibility index (Phi) is 5.58. The summed E-state index contributed by atoms with van der Waals surface area (Å²) < 4.78 is 11.5. The second kappa shape index (κ2) is 8.07. The lowest BCUT2D eigenvalue weighted by Gasteiger charge is -2.38. The molecule has 2 aromatic rings. The van der Waals surface area contributed by atoms with Crippen LogP contribution in [0.15, 0.2) is 36.4 Å². The van der Waals surface area contributed by atoms with Crippen molar-refractivity contribution in [1.29, 1.82) is 10.8 Å². The van der Waals surface area contributed by atoms with Gasteiger partial charge in [0.05, 0.1) is 13.2 Å². The number of rotatable bonds is 2. The molecule has 4 rings (SSSR count). The normalized spacial score (nSPS) is 20.1. The summed E-state index contributed by atoms with van der Waals surface area (Å²) in [4.78, 5) is 0. The van der Waals surface area contributed by atoms with E-state index in [1.807, 2.05) is 18.2 Å². The number of fused-ring (bicyclic) bond motifs is 3. The van der Waals surface area contributed by atoms with Crippen LogP contribution in [0, 0.1) is 10.8 Å². The summed E-state index contributed by atoms with van der Waals surface area (Å²) in [6, 6.07) is 10.8. The molecule has 1 saturated heterocycles. The largest absolute Gasteiger partial charge is 0.398 e. The number of anilines is 3. The molecule has 0 aromatic heterocycles. The zero-order valence-electron chi connectivity index (χ0n) is 14.9. The van der Waals surface area contributed by atoms with Gasteiger partial charge in [0, 0.05) is 46.5 Å². The van der Waals surface area contributed by atoms with Gasteiger partial charge in [0.2, 0.25) is 0 Å². The van der Waals surface area contributed by atoms with Crippen molar-refractivity contribution in [3.8, 4) is 0 Å². The van der Waals surface area contributed by atoms with Crippen LogP contribution in [0.5, 0.6) is 0 Å². The smallest absolute Gasteiger partial charge is 0.124 e. The van der Waals surface area contributed by atoms with E-state index in [1.54, 1.807) is 18.2 Å². The highest BCUT2D eigenvalue weighted by molar-refractivity contribution is 5.99. The van der Waals surface area contributed by atoms with Crippen molar-refractivity contribution in [2.45, 2.75) is 12.2 Å². The molecule has 0 amide bonds. The number of hydrogen-bond donors (Lipinski definition) is 6. The Bertz CT molecular complexity index is 854. The molecule has 2 heterocycles. The molecule has 8 nitrogen and oxygen atoms in total. The summed E-state index contributed by atoms with van der Waals surface area (Å²) in [7, 11) is 0. The first-order valence-corrected chi connectivity index (χ1v) is 8.61. The number of nitrogen functional groups attached to an aromatic ring is 3. The zero-order valence-corrected chi connectivity index (χ0v) is 14.9. The van der Waals surface area contributed by atoms with Crippen LogP contribution in [0.4, 0.5) is 17.1 Å². The fourth-order valence-electron chi connectivity index (χ4n) is 3.23. The van der Waals surface area contributed by atoms with Gasteiger partial charge >= 0.3 is 0 Å². The molecule has 0 unspecified atom stereocenters. The number of nitrogens with one attached hydrogen (secondary N) is 3. The van der Waals surface area contributed by atoms with Crippen LogP contribution < -0.4 is 22.5 Å². The monoisotopic (exact) mass is 368 g/mol. The molecule has 0 spiro atoms. The molecule has 2 aliphatic heterocycles. The van der Waals surface area contributed by atoms with Crippen molar-refractivity contribution in [3.63, 3.8) is 0 Å². The number of nitrogens with two attached hydrogens (primary N) is 3. The van der Waals surface area contributed by atoms with Crippen molar-refractivity contribution in [3.05, 3.63) is 53.1 Å². The van der Waals surface area contributed by atoms with Crippen molar-refractivity contribution in [2.24, 2.45) is 5.73 Å². The summed E-state index contributed by atoms with van der Waals surface area (Å²) in [5.74, 6) is 0.0121. The Labute approximate surface area is 157 Å². The topological polar surface area (TPSA) is 156 Å². The summed E-state index contributed by atoms with van der Waals surface area (Å²) in [6.45, 7) is 1.95. The van der Waals surface area contributed by atoms with Gasteiger partial charge in [0.25, 0.3) is 0 Å². The molecule has 2 aromatic carbocycles. The van der Waals surface area contributed by atoms with Gasteiger partial charge in [-0.25, -0.2) is 0 Å². The molecule has 9 N–H and O–H groups in total. The molecule has 142 valence electrons. The van der Waals surface area contributed by atoms with Gasteiger partial charge in [-0.2, -0.15) is 0 Å². The van der Waals surface area contributed by atoms with Crippen LogP contribution >= 0.6 is 0 Å². The van der Waals surface area contributed by atoms with Crippen molar-refractivity contribution in [1.82, 2.24) is 0 Å². The third-order valence-corrected chi connectivity index (χ3v) is 4.54. The maximum absolute atomic E-state index is 7.50. The first kappa shape index (κ1) is 18.7. The van der Waals surface area contributed by atoms with Crippen molar-refractivity contribution >= 4 is 29.1 Å². The molecule has 0 saturated carbocycles. The number of amidine groups is 1. The third-order valence-electron chi connectivity index (χ3n) is 4.54. The van der Waals surface area contributed by atoms with Crippen molar-refractivity contribution in [2.75, 3.05) is 36.5 Å². The quantitative estimate of drug-likeness (QED) is 0.269. The van der Waals surface area contributed by atoms with Crippen LogP contribution in [0.1, 0.15) is 22.8 Å². The van der Waals surface area contributed by atoms with Gasteiger partial charge in [-0.1, -0.05) is 12.1 Å². The van der Waals surface area contributed by atoms with E-state index < -0.39 is 0 Å². The maximum Gasteiger partial charge on any atom is 0.124 e. The summed E-state index contributed by atoms with van der Waals surface area (Å²) in [5, 5.41) is 17.9. The molecule has 1 fully saturated rings. The van der Waals surface area contributed by atoms with Crippen LogP contribution in [-0.4, -0.2) is 37.9 Å². The molecule has 8 heteroatoms. The standard InChI is InChI=1S/C12H15N3O2.C7H9N3/c13-5-7-8(14)1-2-9-11(7)12-10(6-15-9)16-3-4-17-12;8-6-4-2-1-3-5(6)7(9)10/h1-2,5,10,12-13,15H,3-4,6,14H2;1-4H,8H2,(H3,9,10)/t10-,12-;/m0./s1. The summed E-state index contributed by atoms with van der Waals surface area (Å²) in [6.07, 6.45) is 1.19. The third kappa shape index (κ3) is 3.86. The van der Waals surface area contributed by atoms with Gasteiger partial charge < -0.3 is 37.4 Å². The van der Waals surface area contributed by atoms with E-state index in [0.29, 0.717) is 30.2 Å². The van der Waals surface area contributed by atoms with E-state index in [0.717, 1.165) is 23.4 Å². The number of hydrogen-bond acceptors (Lipinski definition) is 7. The van der Waals surface area contributed by atoms with Gasteiger partial charge in [0.15, 0.2) is 0 Å². The highest BCUT2D eigenvalue weighted by Gasteiger charge is 2.35. The van der Waals surface area contributed by atoms with E-state index in [-0.39, 0.29) is 18.0 Å². The minimum atomic E-state index is -0.111. The van der Waals surface area contributed by atoms with Crippen LogP contribution in [0.3, 0.4) is 0 Å². The van der Waals surface area contributed by atoms with Crippen molar-refractivity contribution < 1.29 is 9.47 Å². The summed E-state index contributed by atoms with van der Waals surface area (Å²) >= 11 is 0. The number of benzene rings is 2. The Hall–Kier alpha value is -3.10. The van der Waals surface area contributed by atoms with E-state index in [9.17, 15) is 0 Å². The van der Waals surface area contributed by atoms with E-state index in [2.05, 4.69) is 5.32 Å². The van der Waals surface area contributed by atoms with Crippen LogP contribution in [0.2, 0.25) is 0 Å². The molecule has 27 heavy (non-hydrogen) atoms. The lowest BCUT2D eigenvalue weighted by atomic mass is 9.92. The molecular formula is C19H24N6O2. The van der Waals surface area contributed by atoms with Gasteiger partial charge in [-0.05, 0) is 24.3 Å². The molecule has 2 atom stereocenters. The number of para-hydroxylation sites is 1. The average Bonchev–Trinajstić information content (AvgIpc) is 2.68. The minimum absolute atomic E-state index is 0.0109. The Morgan fingerprint density at radius 3 is 2.48 bits per heavy atom. The molecule has 0 aliphatic carbocycles. The maximum atomic E-state index is 7.50. The Morgan fingerprint density at radius 1 is 1.07 bits per heavy atom. The minimum Gasteiger partial charge on any atom is -0.398 e. The highest BCUT2D eigenvalue weighted by Crippen LogP contribution is 2.39. The van der Waals surface area contributed by atoms with Gasteiger partial charge in [0.1, 0.15) is 18.0 Å². The van der Waals surface area contributed by atoms with Gasteiger partial charge in [-0.3, -0.25) is 5.41 Å². The molecular weight excluding hydrogens is 344 g/mol. The lowest BCUT2D eigenvalue weighted by Crippen LogP contribution is -2.41. The predicted molar refractivity (Wildman–Crippen MR) is 108 cm³/mol. The predicted octanol–water partition coefficient (Wildman–Crippen LogP) is 1.70. The SMILES string of the molecule is N=C(N)c1ccccc1N.N=Cc1c(N)ccc2c1[C@H]1OCCO[C@H]1CN2. The Balaban J connectivity index is 0.000000180. The zero-order chi connectivity index (χ0) is 19.4. The first-order chi connectivity index (χ1) is 13.0. The van der Waals surface area contributed by atoms with Gasteiger partial charge in [-0.15, -0.1) is 0 Å². The lowest BCUT2D eigenvalue weighted by molar-refractivity contribution is -0.138. The van der Waals surface area contributed by atoms with Crippen LogP contribution in [0.25, 0.3) is 0 Å². The fraction of sp³-hybridized carbons (Fsp3) is 0.263. The second-order valence-electron chi connectivity index (χ2n) is 6.26. The van der Waals surface area contributed by atoms with Crippen LogP contribution in [-0.2, 0) is 9.47 Å². The molecule has 0 radical (unpaired) electrons. The summed E-state index contributed by atoms with van der Waals surface area (Å²) in [5.41, 5.74) is 21.1. The molecule has 2 aliphatic rings.